The quantitative estimate of drug-likeness (QED) is 0.690. The van der Waals surface area contributed by atoms with Crippen LogP contribution in [0.15, 0.2) is 29.1 Å². The molecule has 1 amide bonds. The van der Waals surface area contributed by atoms with Crippen molar-refractivity contribution in [2.45, 2.75) is 51.4 Å². The van der Waals surface area contributed by atoms with Gasteiger partial charge < -0.3 is 15.1 Å². The van der Waals surface area contributed by atoms with Gasteiger partial charge in [0.2, 0.25) is 11.8 Å². The molecule has 7 nitrogen and oxygen atoms in total. The molecule has 3 heterocycles. The third-order valence-electron chi connectivity index (χ3n) is 5.39. The van der Waals surface area contributed by atoms with Crippen LogP contribution < -0.4 is 10.6 Å². The van der Waals surface area contributed by atoms with E-state index in [9.17, 15) is 18.0 Å². The van der Waals surface area contributed by atoms with Crippen LogP contribution in [0.25, 0.3) is 11.3 Å². The molecule has 0 spiro atoms. The number of hydrogen-bond acceptors (Lipinski definition) is 6. The molecule has 1 saturated heterocycles. The van der Waals surface area contributed by atoms with Crippen LogP contribution in [-0.4, -0.2) is 59.2 Å². The van der Waals surface area contributed by atoms with Crippen LogP contribution in [0.3, 0.4) is 0 Å². The summed E-state index contributed by atoms with van der Waals surface area (Å²) in [7, 11) is 0. The smallest absolute Gasteiger partial charge is 0.405 e. The lowest BCUT2D eigenvalue weighted by molar-refractivity contribution is -0.140. The Morgan fingerprint density at radius 1 is 1.32 bits per heavy atom. The predicted octanol–water partition coefficient (Wildman–Crippen LogP) is 2.88. The third-order valence-corrected chi connectivity index (χ3v) is 5.39. The number of aromatic nitrogens is 2. The Bertz CT molecular complexity index is 897. The van der Waals surface area contributed by atoms with Gasteiger partial charge in [-0.25, -0.2) is 4.98 Å². The van der Waals surface area contributed by atoms with E-state index >= 15 is 0 Å². The van der Waals surface area contributed by atoms with Crippen LogP contribution in [0.5, 0.6) is 0 Å². The number of rotatable bonds is 7. The average molecular weight is 439 g/mol. The molecular formula is C21H28F3N5O2. The van der Waals surface area contributed by atoms with Gasteiger partial charge in [-0.05, 0) is 31.9 Å². The second kappa shape index (κ2) is 9.35. The second-order valence-corrected chi connectivity index (χ2v) is 8.21. The van der Waals surface area contributed by atoms with Gasteiger partial charge in [0, 0.05) is 37.6 Å². The number of oxazole rings is 1. The van der Waals surface area contributed by atoms with Gasteiger partial charge >= 0.3 is 6.18 Å². The fraction of sp³-hybridized carbons (Fsp3) is 0.571. The number of halogens is 3. The van der Waals surface area contributed by atoms with E-state index in [1.54, 1.807) is 12.4 Å². The lowest BCUT2D eigenvalue weighted by Crippen LogP contribution is -2.61. The molecule has 1 atom stereocenters. The van der Waals surface area contributed by atoms with Crippen molar-refractivity contribution in [1.29, 1.82) is 0 Å². The zero-order valence-electron chi connectivity index (χ0n) is 17.9. The minimum atomic E-state index is -4.44. The Kier molecular flexibility index (Phi) is 7.00. The maximum Gasteiger partial charge on any atom is 0.405 e. The minimum Gasteiger partial charge on any atom is -0.439 e. The zero-order chi connectivity index (χ0) is 22.6. The minimum absolute atomic E-state index is 0.238. The molecule has 0 bridgehead atoms. The number of alkyl halides is 3. The van der Waals surface area contributed by atoms with E-state index in [4.69, 9.17) is 4.42 Å². The Morgan fingerprint density at radius 2 is 2.10 bits per heavy atom. The maximum absolute atomic E-state index is 12.4. The molecule has 31 heavy (non-hydrogen) atoms. The summed E-state index contributed by atoms with van der Waals surface area (Å²) in [6.45, 7) is 5.90. The van der Waals surface area contributed by atoms with Crippen molar-refractivity contribution in [2.24, 2.45) is 0 Å². The summed E-state index contributed by atoms with van der Waals surface area (Å²) >= 11 is 0. The second-order valence-electron chi connectivity index (χ2n) is 8.21. The molecule has 0 radical (unpaired) electrons. The molecule has 1 aliphatic heterocycles. The fourth-order valence-electron chi connectivity index (χ4n) is 3.62. The van der Waals surface area contributed by atoms with Gasteiger partial charge in [0.25, 0.3) is 0 Å². The van der Waals surface area contributed by atoms with Crippen LogP contribution in [0.1, 0.15) is 38.6 Å². The Morgan fingerprint density at radius 3 is 2.81 bits per heavy atom. The van der Waals surface area contributed by atoms with Crippen LogP contribution in [0, 0.1) is 0 Å². The summed E-state index contributed by atoms with van der Waals surface area (Å²) in [6.07, 6.45) is 2.70. The van der Waals surface area contributed by atoms with Crippen molar-refractivity contribution in [3.63, 3.8) is 0 Å². The summed E-state index contributed by atoms with van der Waals surface area (Å²) in [5.41, 5.74) is 1.30. The lowest BCUT2D eigenvalue weighted by Gasteiger charge is -2.41. The molecule has 1 aliphatic rings. The molecule has 2 N–H and O–H groups in total. The van der Waals surface area contributed by atoms with Gasteiger partial charge in [-0.15, -0.1) is 0 Å². The number of piperazine rings is 1. The van der Waals surface area contributed by atoms with Crippen molar-refractivity contribution in [3.8, 4) is 11.3 Å². The highest BCUT2D eigenvalue weighted by molar-refractivity contribution is 5.82. The van der Waals surface area contributed by atoms with Gasteiger partial charge in [-0.3, -0.25) is 14.7 Å². The van der Waals surface area contributed by atoms with Crippen LogP contribution in [0.4, 0.5) is 13.2 Å². The van der Waals surface area contributed by atoms with E-state index < -0.39 is 30.2 Å². The summed E-state index contributed by atoms with van der Waals surface area (Å²) in [5.74, 6) is 0.396. The molecule has 0 aliphatic carbocycles. The first-order valence-electron chi connectivity index (χ1n) is 10.3. The average Bonchev–Trinajstić information content (AvgIpc) is 3.23. The highest BCUT2D eigenvalue weighted by atomic mass is 19.4. The number of nitrogens with one attached hydrogen (secondary N) is 2. The van der Waals surface area contributed by atoms with Crippen molar-refractivity contribution in [2.75, 3.05) is 26.2 Å². The zero-order valence-corrected chi connectivity index (χ0v) is 17.9. The highest BCUT2D eigenvalue weighted by Gasteiger charge is 2.39. The molecular weight excluding hydrogens is 411 g/mol. The van der Waals surface area contributed by atoms with Gasteiger partial charge in [-0.2, -0.15) is 13.2 Å². The summed E-state index contributed by atoms with van der Waals surface area (Å²) < 4.78 is 43.3. The molecule has 170 valence electrons. The lowest BCUT2D eigenvalue weighted by atomic mass is 10.00. The standard InChI is InChI=1S/C21H28F3N5O2/c1-4-5-14-8-15(10-25-9-14)17-11-27-19(31-17)20(2,3)29-7-6-26-16(12-29)18(30)28-13-21(22,23)24/h8-11,16,26H,4-7,12-13H2,1-3H3,(H,28,30)/t16-/m0/s1. The molecule has 0 unspecified atom stereocenters. The molecule has 0 aromatic carbocycles. The fourth-order valence-corrected chi connectivity index (χ4v) is 3.62. The normalized spacial score (nSPS) is 18.2. The van der Waals surface area contributed by atoms with Crippen molar-refractivity contribution in [1.82, 2.24) is 25.5 Å². The Hall–Kier alpha value is -2.46. The molecule has 1 fully saturated rings. The van der Waals surface area contributed by atoms with Gasteiger partial charge in [0.15, 0.2) is 5.76 Å². The molecule has 2 aromatic rings. The number of nitrogens with zero attached hydrogens (tertiary/aromatic N) is 3. The monoisotopic (exact) mass is 439 g/mol. The van der Waals surface area contributed by atoms with Crippen molar-refractivity contribution < 1.29 is 22.4 Å². The molecule has 3 rings (SSSR count). The first-order valence-corrected chi connectivity index (χ1v) is 10.3. The van der Waals surface area contributed by atoms with Crippen LogP contribution in [0.2, 0.25) is 0 Å². The number of carbonyl (C=O) groups is 1. The van der Waals surface area contributed by atoms with Gasteiger partial charge in [-0.1, -0.05) is 13.3 Å². The topological polar surface area (TPSA) is 83.3 Å². The first-order chi connectivity index (χ1) is 14.6. The van der Waals surface area contributed by atoms with E-state index in [0.717, 1.165) is 24.0 Å². The van der Waals surface area contributed by atoms with E-state index in [2.05, 4.69) is 22.2 Å². The predicted molar refractivity (Wildman–Crippen MR) is 109 cm³/mol. The number of hydrogen-bond donors (Lipinski definition) is 2. The first kappa shape index (κ1) is 23.2. The molecule has 2 aromatic heterocycles. The summed E-state index contributed by atoms with van der Waals surface area (Å²) in [5, 5.41) is 4.92. The van der Waals surface area contributed by atoms with E-state index in [-0.39, 0.29) is 6.54 Å². The number of pyridine rings is 1. The van der Waals surface area contributed by atoms with Gasteiger partial charge in [0.1, 0.15) is 6.54 Å². The van der Waals surface area contributed by atoms with E-state index in [0.29, 0.717) is 24.7 Å². The number of carbonyl (C=O) groups excluding carboxylic acids is 1. The van der Waals surface area contributed by atoms with Crippen LogP contribution in [-0.2, 0) is 16.8 Å². The molecule has 10 heteroatoms. The van der Waals surface area contributed by atoms with Crippen molar-refractivity contribution in [3.05, 3.63) is 36.1 Å². The summed E-state index contributed by atoms with van der Waals surface area (Å²) in [6, 6.07) is 1.28. The molecule has 0 saturated carbocycles. The Balaban J connectivity index is 1.71. The van der Waals surface area contributed by atoms with Crippen LogP contribution >= 0.6 is 0 Å². The third kappa shape index (κ3) is 5.82. The summed E-state index contributed by atoms with van der Waals surface area (Å²) in [4.78, 5) is 22.9. The number of amides is 1. The largest absolute Gasteiger partial charge is 0.439 e. The SMILES string of the molecule is CCCc1cncc(-c2cnc(C(C)(C)N3CCN[C@H](C(=O)NCC(F)(F)F)C3)o2)c1. The van der Waals surface area contributed by atoms with E-state index in [1.807, 2.05) is 36.3 Å². The maximum atomic E-state index is 12.4. The number of aryl methyl sites for hydroxylation is 1. The highest BCUT2D eigenvalue weighted by Crippen LogP contribution is 2.31. The Labute approximate surface area is 179 Å². The van der Waals surface area contributed by atoms with Gasteiger partial charge in [0.05, 0.1) is 17.8 Å². The van der Waals surface area contributed by atoms with Crippen molar-refractivity contribution >= 4 is 5.91 Å². The van der Waals surface area contributed by atoms with E-state index in [1.165, 1.54) is 0 Å².